The summed E-state index contributed by atoms with van der Waals surface area (Å²) in [7, 11) is 0. The molecule has 0 bridgehead atoms. The van der Waals surface area contributed by atoms with E-state index in [4.69, 9.17) is 0 Å². The molecule has 4 aromatic rings. The van der Waals surface area contributed by atoms with E-state index in [1.54, 1.807) is 6.20 Å². The predicted molar refractivity (Wildman–Crippen MR) is 115 cm³/mol. The Labute approximate surface area is 173 Å². The zero-order chi connectivity index (χ0) is 19.6. The Balaban J connectivity index is 2.04. The van der Waals surface area contributed by atoms with Gasteiger partial charge in [0.2, 0.25) is 0 Å². The van der Waals surface area contributed by atoms with Gasteiger partial charge < -0.3 is 5.11 Å². The van der Waals surface area contributed by atoms with Gasteiger partial charge in [0, 0.05) is 0 Å². The summed E-state index contributed by atoms with van der Waals surface area (Å²) in [5, 5.41) is 17.0. The highest BCUT2D eigenvalue weighted by molar-refractivity contribution is 9.10. The van der Waals surface area contributed by atoms with E-state index in [1.807, 2.05) is 103 Å². The lowest BCUT2D eigenvalue weighted by molar-refractivity contribution is 0.0328. The molecule has 1 atom stereocenters. The van der Waals surface area contributed by atoms with Crippen molar-refractivity contribution in [2.24, 2.45) is 0 Å². The first-order valence-electron chi connectivity index (χ1n) is 9.20. The topological polar surface area (TPSA) is 38.0 Å². The van der Waals surface area contributed by atoms with Crippen LogP contribution in [-0.4, -0.2) is 14.9 Å². The highest BCUT2D eigenvalue weighted by Gasteiger charge is 2.43. The lowest BCUT2D eigenvalue weighted by Crippen LogP contribution is -2.39. The Bertz CT molecular complexity index is 1010. The molecule has 0 aliphatic carbocycles. The molecular weight excluding hydrogens is 412 g/mol. The van der Waals surface area contributed by atoms with Crippen molar-refractivity contribution in [3.05, 3.63) is 124 Å². The molecule has 0 saturated heterocycles. The van der Waals surface area contributed by atoms with E-state index in [9.17, 15) is 5.11 Å². The fourth-order valence-electron chi connectivity index (χ4n) is 3.72. The van der Waals surface area contributed by atoms with Gasteiger partial charge in [0.15, 0.2) is 0 Å². The molecule has 0 amide bonds. The maximum atomic E-state index is 12.4. The summed E-state index contributed by atoms with van der Waals surface area (Å²) in [5.74, 6) is 0. The summed E-state index contributed by atoms with van der Waals surface area (Å²) >= 11 is 3.57. The van der Waals surface area contributed by atoms with Crippen molar-refractivity contribution in [1.29, 1.82) is 0 Å². The van der Waals surface area contributed by atoms with Crippen LogP contribution in [0.5, 0.6) is 0 Å². The lowest BCUT2D eigenvalue weighted by atomic mass is 9.77. The molecule has 1 N–H and O–H groups in total. The molecule has 0 aliphatic heterocycles. The molecule has 0 aliphatic rings. The molecule has 0 radical (unpaired) electrons. The standard InChI is InChI=1S/C24H21BrN2O/c1-18-22(25)17-26-27(18)23(19-11-5-2-6-12-19)24(28,20-13-7-3-8-14-20)21-15-9-4-10-16-21/h2-17,23,28H,1H3. The number of hydrogen-bond acceptors (Lipinski definition) is 2. The number of aromatic nitrogens is 2. The summed E-state index contributed by atoms with van der Waals surface area (Å²) in [6.45, 7) is 2.00. The Morgan fingerprint density at radius 1 is 0.821 bits per heavy atom. The van der Waals surface area contributed by atoms with Crippen molar-refractivity contribution in [3.63, 3.8) is 0 Å². The van der Waals surface area contributed by atoms with Crippen molar-refractivity contribution in [2.75, 3.05) is 0 Å². The number of benzene rings is 3. The summed E-state index contributed by atoms with van der Waals surface area (Å²) in [6, 6.07) is 29.2. The zero-order valence-corrected chi connectivity index (χ0v) is 17.1. The van der Waals surface area contributed by atoms with Crippen LogP contribution in [0.4, 0.5) is 0 Å². The first kappa shape index (κ1) is 18.7. The van der Waals surface area contributed by atoms with Crippen LogP contribution in [0.3, 0.4) is 0 Å². The SMILES string of the molecule is Cc1c(Br)cnn1C(c1ccccc1)C(O)(c1ccccc1)c1ccccc1. The van der Waals surface area contributed by atoms with Gasteiger partial charge in [0.05, 0.1) is 16.4 Å². The quantitative estimate of drug-likeness (QED) is 0.453. The molecule has 4 rings (SSSR count). The summed E-state index contributed by atoms with van der Waals surface area (Å²) < 4.78 is 2.82. The minimum absolute atomic E-state index is 0.440. The highest BCUT2D eigenvalue weighted by Crippen LogP contribution is 2.44. The third-order valence-electron chi connectivity index (χ3n) is 5.17. The minimum atomic E-state index is -1.31. The molecule has 28 heavy (non-hydrogen) atoms. The number of halogens is 1. The molecule has 1 unspecified atom stereocenters. The Hall–Kier alpha value is -2.69. The molecule has 3 aromatic carbocycles. The molecule has 1 aromatic heterocycles. The van der Waals surface area contributed by atoms with Crippen molar-refractivity contribution in [1.82, 2.24) is 9.78 Å². The molecule has 0 saturated carbocycles. The van der Waals surface area contributed by atoms with E-state index in [2.05, 4.69) is 21.0 Å². The fourth-order valence-corrected chi connectivity index (χ4v) is 4.00. The second-order valence-corrected chi connectivity index (χ2v) is 7.69. The fraction of sp³-hybridized carbons (Fsp3) is 0.125. The molecular formula is C24H21BrN2O. The van der Waals surface area contributed by atoms with Crippen LogP contribution in [0.15, 0.2) is 102 Å². The van der Waals surface area contributed by atoms with E-state index in [0.717, 1.165) is 26.9 Å². The number of hydrogen-bond donors (Lipinski definition) is 1. The van der Waals surface area contributed by atoms with Gasteiger partial charge in [0.1, 0.15) is 11.6 Å². The van der Waals surface area contributed by atoms with Crippen LogP contribution >= 0.6 is 15.9 Å². The van der Waals surface area contributed by atoms with Crippen molar-refractivity contribution < 1.29 is 5.11 Å². The van der Waals surface area contributed by atoms with Crippen LogP contribution in [0.25, 0.3) is 0 Å². The van der Waals surface area contributed by atoms with E-state index >= 15 is 0 Å². The second kappa shape index (κ2) is 7.74. The van der Waals surface area contributed by atoms with E-state index in [-0.39, 0.29) is 0 Å². The summed E-state index contributed by atoms with van der Waals surface area (Å²) in [5.41, 5.74) is 2.28. The minimum Gasteiger partial charge on any atom is -0.378 e. The molecule has 4 heteroatoms. The van der Waals surface area contributed by atoms with Crippen LogP contribution in [0.1, 0.15) is 28.4 Å². The Morgan fingerprint density at radius 3 is 1.71 bits per heavy atom. The average Bonchev–Trinajstić information content (AvgIpc) is 3.08. The number of nitrogens with zero attached hydrogens (tertiary/aromatic N) is 2. The molecule has 140 valence electrons. The van der Waals surface area contributed by atoms with Gasteiger partial charge in [-0.1, -0.05) is 91.0 Å². The predicted octanol–water partition coefficient (Wildman–Crippen LogP) is 5.48. The maximum absolute atomic E-state index is 12.4. The van der Waals surface area contributed by atoms with Crippen LogP contribution in [-0.2, 0) is 5.60 Å². The molecule has 3 nitrogen and oxygen atoms in total. The van der Waals surface area contributed by atoms with Gasteiger partial charge in [-0.15, -0.1) is 0 Å². The van der Waals surface area contributed by atoms with Gasteiger partial charge in [0.25, 0.3) is 0 Å². The summed E-state index contributed by atoms with van der Waals surface area (Å²) in [4.78, 5) is 0. The van der Waals surface area contributed by atoms with Crippen molar-refractivity contribution in [3.8, 4) is 0 Å². The van der Waals surface area contributed by atoms with E-state index < -0.39 is 11.6 Å². The molecule has 0 spiro atoms. The monoisotopic (exact) mass is 432 g/mol. The molecule has 1 heterocycles. The Morgan fingerprint density at radius 2 is 1.29 bits per heavy atom. The van der Waals surface area contributed by atoms with Gasteiger partial charge in [-0.3, -0.25) is 4.68 Å². The van der Waals surface area contributed by atoms with Crippen LogP contribution in [0, 0.1) is 6.92 Å². The highest BCUT2D eigenvalue weighted by atomic mass is 79.9. The van der Waals surface area contributed by atoms with Gasteiger partial charge in [-0.2, -0.15) is 5.10 Å². The third-order valence-corrected chi connectivity index (χ3v) is 5.95. The number of rotatable bonds is 5. The zero-order valence-electron chi connectivity index (χ0n) is 15.5. The Kier molecular flexibility index (Phi) is 5.16. The van der Waals surface area contributed by atoms with Crippen LogP contribution in [0.2, 0.25) is 0 Å². The van der Waals surface area contributed by atoms with E-state index in [0.29, 0.717) is 0 Å². The van der Waals surface area contributed by atoms with Gasteiger partial charge in [-0.05, 0) is 39.5 Å². The normalized spacial score (nSPS) is 12.7. The lowest BCUT2D eigenvalue weighted by Gasteiger charge is -2.38. The van der Waals surface area contributed by atoms with Gasteiger partial charge in [-0.25, -0.2) is 0 Å². The largest absolute Gasteiger partial charge is 0.378 e. The molecule has 0 fully saturated rings. The van der Waals surface area contributed by atoms with Gasteiger partial charge >= 0.3 is 0 Å². The van der Waals surface area contributed by atoms with Crippen molar-refractivity contribution in [2.45, 2.75) is 18.6 Å². The van der Waals surface area contributed by atoms with Crippen molar-refractivity contribution >= 4 is 15.9 Å². The smallest absolute Gasteiger partial charge is 0.141 e. The average molecular weight is 433 g/mol. The van der Waals surface area contributed by atoms with E-state index in [1.165, 1.54) is 0 Å². The summed E-state index contributed by atoms with van der Waals surface area (Å²) in [6.07, 6.45) is 1.78. The maximum Gasteiger partial charge on any atom is 0.141 e. The second-order valence-electron chi connectivity index (χ2n) is 6.83. The first-order valence-corrected chi connectivity index (χ1v) is 9.99. The number of aliphatic hydroxyl groups is 1. The van der Waals surface area contributed by atoms with Crippen LogP contribution < -0.4 is 0 Å². The first-order chi connectivity index (χ1) is 13.6. The third kappa shape index (κ3) is 3.19.